The van der Waals surface area contributed by atoms with E-state index in [0.29, 0.717) is 0 Å². The SMILES string of the molecule is CCCC(CNC(C)(C)C)CC(C)C. The largest absolute Gasteiger partial charge is 0.312 e. The van der Waals surface area contributed by atoms with Gasteiger partial charge in [0.1, 0.15) is 0 Å². The van der Waals surface area contributed by atoms with Crippen molar-refractivity contribution in [3.05, 3.63) is 0 Å². The van der Waals surface area contributed by atoms with E-state index in [-0.39, 0.29) is 5.54 Å². The van der Waals surface area contributed by atoms with Gasteiger partial charge in [0.25, 0.3) is 0 Å². The minimum absolute atomic E-state index is 0.267. The summed E-state index contributed by atoms with van der Waals surface area (Å²) in [7, 11) is 0. The molecular formula is C13H29N. The molecule has 0 aromatic carbocycles. The van der Waals surface area contributed by atoms with Gasteiger partial charge >= 0.3 is 0 Å². The summed E-state index contributed by atoms with van der Waals surface area (Å²) in [4.78, 5) is 0. The lowest BCUT2D eigenvalue weighted by Crippen LogP contribution is -2.39. The Kier molecular flexibility index (Phi) is 6.43. The van der Waals surface area contributed by atoms with Gasteiger partial charge in [-0.05, 0) is 52.0 Å². The van der Waals surface area contributed by atoms with E-state index in [4.69, 9.17) is 0 Å². The first kappa shape index (κ1) is 14.0. The monoisotopic (exact) mass is 199 g/mol. The first-order chi connectivity index (χ1) is 6.35. The van der Waals surface area contributed by atoms with Gasteiger partial charge in [-0.1, -0.05) is 27.2 Å². The molecule has 0 fully saturated rings. The van der Waals surface area contributed by atoms with Crippen LogP contribution in [0, 0.1) is 11.8 Å². The van der Waals surface area contributed by atoms with Crippen LogP contribution in [0.1, 0.15) is 60.8 Å². The van der Waals surface area contributed by atoms with Crippen LogP contribution in [0.5, 0.6) is 0 Å². The molecule has 86 valence electrons. The van der Waals surface area contributed by atoms with Crippen LogP contribution in [0.3, 0.4) is 0 Å². The van der Waals surface area contributed by atoms with Crippen LogP contribution >= 0.6 is 0 Å². The Morgan fingerprint density at radius 1 is 1.14 bits per heavy atom. The molecule has 0 saturated carbocycles. The van der Waals surface area contributed by atoms with Gasteiger partial charge in [-0.25, -0.2) is 0 Å². The summed E-state index contributed by atoms with van der Waals surface area (Å²) in [6, 6.07) is 0. The van der Waals surface area contributed by atoms with Crippen LogP contribution in [-0.2, 0) is 0 Å². The Morgan fingerprint density at radius 2 is 1.71 bits per heavy atom. The molecule has 14 heavy (non-hydrogen) atoms. The van der Waals surface area contributed by atoms with E-state index in [0.717, 1.165) is 11.8 Å². The molecule has 1 unspecified atom stereocenters. The van der Waals surface area contributed by atoms with Gasteiger partial charge in [0, 0.05) is 5.54 Å². The molecule has 0 aromatic heterocycles. The normalized spacial score (nSPS) is 14.8. The predicted molar refractivity (Wildman–Crippen MR) is 65.6 cm³/mol. The third-order valence-corrected chi connectivity index (χ3v) is 2.42. The highest BCUT2D eigenvalue weighted by Gasteiger charge is 2.14. The zero-order chi connectivity index (χ0) is 11.2. The minimum Gasteiger partial charge on any atom is -0.312 e. The van der Waals surface area contributed by atoms with Crippen LogP contribution in [0.25, 0.3) is 0 Å². The van der Waals surface area contributed by atoms with Crippen molar-refractivity contribution in [2.45, 2.75) is 66.3 Å². The fourth-order valence-corrected chi connectivity index (χ4v) is 1.83. The Balaban J connectivity index is 3.84. The van der Waals surface area contributed by atoms with E-state index in [9.17, 15) is 0 Å². The highest BCUT2D eigenvalue weighted by atomic mass is 14.9. The van der Waals surface area contributed by atoms with Crippen LogP contribution in [0.4, 0.5) is 0 Å². The molecule has 0 bridgehead atoms. The van der Waals surface area contributed by atoms with E-state index >= 15 is 0 Å². The first-order valence-electron chi connectivity index (χ1n) is 6.10. The molecule has 1 N–H and O–H groups in total. The summed E-state index contributed by atoms with van der Waals surface area (Å²) in [5.74, 6) is 1.69. The Labute approximate surface area is 90.7 Å². The average Bonchev–Trinajstić information content (AvgIpc) is 1.98. The summed E-state index contributed by atoms with van der Waals surface area (Å²) in [6.45, 7) is 14.8. The summed E-state index contributed by atoms with van der Waals surface area (Å²) < 4.78 is 0. The zero-order valence-electron chi connectivity index (χ0n) is 11.0. The zero-order valence-corrected chi connectivity index (χ0v) is 11.0. The van der Waals surface area contributed by atoms with Crippen molar-refractivity contribution in [2.75, 3.05) is 6.54 Å². The maximum absolute atomic E-state index is 3.61. The van der Waals surface area contributed by atoms with Gasteiger partial charge in [0.05, 0.1) is 0 Å². The highest BCUT2D eigenvalue weighted by molar-refractivity contribution is 4.73. The predicted octanol–water partition coefficient (Wildman–Crippen LogP) is 3.84. The minimum atomic E-state index is 0.267. The van der Waals surface area contributed by atoms with E-state index in [1.165, 1.54) is 25.8 Å². The van der Waals surface area contributed by atoms with Gasteiger partial charge in [0.15, 0.2) is 0 Å². The molecule has 0 aromatic rings. The molecular weight excluding hydrogens is 170 g/mol. The third kappa shape index (κ3) is 8.55. The third-order valence-electron chi connectivity index (χ3n) is 2.42. The summed E-state index contributed by atoms with van der Waals surface area (Å²) in [6.07, 6.45) is 4.03. The molecule has 1 atom stereocenters. The molecule has 0 spiro atoms. The summed E-state index contributed by atoms with van der Waals surface area (Å²) in [5.41, 5.74) is 0.267. The lowest BCUT2D eigenvalue weighted by Gasteiger charge is -2.26. The Morgan fingerprint density at radius 3 is 2.07 bits per heavy atom. The first-order valence-corrected chi connectivity index (χ1v) is 6.10. The standard InChI is InChI=1S/C13H29N/c1-7-8-12(9-11(2)3)10-14-13(4,5)6/h11-12,14H,7-10H2,1-6H3. The lowest BCUT2D eigenvalue weighted by molar-refractivity contribution is 0.318. The van der Waals surface area contributed by atoms with Crippen molar-refractivity contribution < 1.29 is 0 Å². The van der Waals surface area contributed by atoms with Gasteiger partial charge in [0.2, 0.25) is 0 Å². The maximum Gasteiger partial charge on any atom is 0.00966 e. The molecule has 0 aliphatic heterocycles. The average molecular weight is 199 g/mol. The Bertz CT molecular complexity index is 133. The van der Waals surface area contributed by atoms with E-state index in [1.807, 2.05) is 0 Å². The topological polar surface area (TPSA) is 12.0 Å². The van der Waals surface area contributed by atoms with Gasteiger partial charge in [-0.15, -0.1) is 0 Å². The lowest BCUT2D eigenvalue weighted by atomic mass is 9.92. The number of hydrogen-bond donors (Lipinski definition) is 1. The molecule has 0 heterocycles. The van der Waals surface area contributed by atoms with Crippen molar-refractivity contribution in [3.8, 4) is 0 Å². The van der Waals surface area contributed by atoms with Crippen LogP contribution in [0.15, 0.2) is 0 Å². The van der Waals surface area contributed by atoms with Crippen LogP contribution < -0.4 is 5.32 Å². The molecule has 1 nitrogen and oxygen atoms in total. The van der Waals surface area contributed by atoms with Crippen molar-refractivity contribution in [2.24, 2.45) is 11.8 Å². The highest BCUT2D eigenvalue weighted by Crippen LogP contribution is 2.17. The molecule has 0 amide bonds. The molecule has 0 aliphatic rings. The molecule has 1 heteroatoms. The summed E-state index contributed by atoms with van der Waals surface area (Å²) in [5, 5.41) is 3.61. The fraction of sp³-hybridized carbons (Fsp3) is 1.00. The van der Waals surface area contributed by atoms with Crippen molar-refractivity contribution >= 4 is 0 Å². The smallest absolute Gasteiger partial charge is 0.00966 e. The van der Waals surface area contributed by atoms with Gasteiger partial charge < -0.3 is 5.32 Å². The van der Waals surface area contributed by atoms with Gasteiger partial charge in [-0.3, -0.25) is 0 Å². The second kappa shape index (κ2) is 6.44. The molecule has 0 saturated heterocycles. The number of nitrogens with one attached hydrogen (secondary N) is 1. The maximum atomic E-state index is 3.61. The van der Waals surface area contributed by atoms with E-state index in [1.54, 1.807) is 0 Å². The van der Waals surface area contributed by atoms with Gasteiger partial charge in [-0.2, -0.15) is 0 Å². The van der Waals surface area contributed by atoms with Crippen molar-refractivity contribution in [3.63, 3.8) is 0 Å². The quantitative estimate of drug-likeness (QED) is 0.685. The van der Waals surface area contributed by atoms with Crippen molar-refractivity contribution in [1.82, 2.24) is 5.32 Å². The second-order valence-electron chi connectivity index (χ2n) is 5.92. The molecule has 0 radical (unpaired) electrons. The number of hydrogen-bond acceptors (Lipinski definition) is 1. The van der Waals surface area contributed by atoms with E-state index in [2.05, 4.69) is 46.9 Å². The summed E-state index contributed by atoms with van der Waals surface area (Å²) >= 11 is 0. The van der Waals surface area contributed by atoms with E-state index < -0.39 is 0 Å². The Hall–Kier alpha value is -0.0400. The fourth-order valence-electron chi connectivity index (χ4n) is 1.83. The molecule has 0 aliphatic carbocycles. The number of rotatable bonds is 6. The van der Waals surface area contributed by atoms with Crippen LogP contribution in [0.2, 0.25) is 0 Å². The van der Waals surface area contributed by atoms with Crippen LogP contribution in [-0.4, -0.2) is 12.1 Å². The second-order valence-corrected chi connectivity index (χ2v) is 5.92. The molecule has 0 rings (SSSR count). The van der Waals surface area contributed by atoms with Crippen molar-refractivity contribution in [1.29, 1.82) is 0 Å².